The summed E-state index contributed by atoms with van der Waals surface area (Å²) in [7, 11) is 0. The molecule has 7 heteroatoms. The molecule has 3 rings (SSSR count). The fraction of sp³-hybridized carbons (Fsp3) is 0.556. The minimum Gasteiger partial charge on any atom is -0.481 e. The van der Waals surface area contributed by atoms with Crippen LogP contribution in [0.4, 0.5) is 4.39 Å². The van der Waals surface area contributed by atoms with Crippen LogP contribution in [0, 0.1) is 17.7 Å². The number of carbonyl (C=O) groups is 2. The summed E-state index contributed by atoms with van der Waals surface area (Å²) >= 11 is 5.72. The number of ether oxygens (including phenoxy) is 1. The molecule has 1 heterocycles. The first-order valence-electron chi connectivity index (χ1n) is 8.55. The summed E-state index contributed by atoms with van der Waals surface area (Å²) in [6.45, 7) is 0.474. The van der Waals surface area contributed by atoms with Crippen molar-refractivity contribution in [2.75, 3.05) is 6.61 Å². The van der Waals surface area contributed by atoms with E-state index in [0.29, 0.717) is 37.9 Å². The number of amides is 1. The third-order valence-corrected chi connectivity index (χ3v) is 5.39. The van der Waals surface area contributed by atoms with Crippen molar-refractivity contribution < 1.29 is 23.8 Å². The quantitative estimate of drug-likeness (QED) is 0.853. The molecule has 1 aromatic carbocycles. The third kappa shape index (κ3) is 4.12. The van der Waals surface area contributed by atoms with Crippen molar-refractivity contribution in [3.63, 3.8) is 0 Å². The number of halogens is 2. The largest absolute Gasteiger partial charge is 0.481 e. The molecule has 1 aromatic rings. The van der Waals surface area contributed by atoms with Gasteiger partial charge in [-0.2, -0.15) is 0 Å². The van der Waals surface area contributed by atoms with Crippen LogP contribution < -0.4 is 5.32 Å². The summed E-state index contributed by atoms with van der Waals surface area (Å²) in [5, 5.41) is 12.2. The molecular weight excluding hydrogens is 349 g/mol. The first-order chi connectivity index (χ1) is 12.0. The average Bonchev–Trinajstić information content (AvgIpc) is 3.05. The monoisotopic (exact) mass is 369 g/mol. The van der Waals surface area contributed by atoms with Gasteiger partial charge in [0.15, 0.2) is 0 Å². The molecule has 25 heavy (non-hydrogen) atoms. The van der Waals surface area contributed by atoms with Crippen LogP contribution in [0.3, 0.4) is 0 Å². The molecule has 136 valence electrons. The van der Waals surface area contributed by atoms with Gasteiger partial charge in [0.25, 0.3) is 0 Å². The number of hydrogen-bond acceptors (Lipinski definition) is 3. The maximum atomic E-state index is 13.7. The highest BCUT2D eigenvalue weighted by molar-refractivity contribution is 6.30. The summed E-state index contributed by atoms with van der Waals surface area (Å²) in [5.41, 5.74) is 0.636. The van der Waals surface area contributed by atoms with Gasteiger partial charge < -0.3 is 15.2 Å². The fourth-order valence-corrected chi connectivity index (χ4v) is 3.83. The Morgan fingerprint density at radius 3 is 2.72 bits per heavy atom. The highest BCUT2D eigenvalue weighted by Crippen LogP contribution is 2.33. The second-order valence-electron chi connectivity index (χ2n) is 6.77. The number of nitrogens with one attached hydrogen (secondary N) is 1. The van der Waals surface area contributed by atoms with Crippen LogP contribution >= 0.6 is 11.6 Å². The van der Waals surface area contributed by atoms with E-state index in [9.17, 15) is 14.0 Å². The fourth-order valence-electron chi connectivity index (χ4n) is 3.71. The lowest BCUT2D eigenvalue weighted by molar-refractivity contribution is -0.144. The summed E-state index contributed by atoms with van der Waals surface area (Å²) in [4.78, 5) is 23.7. The molecule has 1 aliphatic heterocycles. The standard InChI is InChI=1S/C18H21ClFNO4/c19-13-5-4-10(9-14(13)20)16-15(6-7-25-16)21-17(22)11-2-1-3-12(8-11)18(23)24/h4-5,9,11-12,15-16H,1-3,6-8H2,(H,21,22)(H,23,24). The van der Waals surface area contributed by atoms with E-state index in [1.807, 2.05) is 0 Å². The van der Waals surface area contributed by atoms with Crippen LogP contribution in [-0.4, -0.2) is 29.6 Å². The first-order valence-corrected chi connectivity index (χ1v) is 8.93. The van der Waals surface area contributed by atoms with Crippen molar-refractivity contribution in [3.05, 3.63) is 34.6 Å². The number of carbonyl (C=O) groups excluding carboxylic acids is 1. The van der Waals surface area contributed by atoms with Gasteiger partial charge in [-0.3, -0.25) is 9.59 Å². The van der Waals surface area contributed by atoms with Gasteiger partial charge in [-0.25, -0.2) is 4.39 Å². The van der Waals surface area contributed by atoms with Gasteiger partial charge in [0, 0.05) is 12.5 Å². The molecular formula is C18H21ClFNO4. The van der Waals surface area contributed by atoms with Crippen molar-refractivity contribution in [2.45, 2.75) is 44.2 Å². The van der Waals surface area contributed by atoms with Crippen molar-refractivity contribution in [1.82, 2.24) is 5.32 Å². The highest BCUT2D eigenvalue weighted by atomic mass is 35.5. The van der Waals surface area contributed by atoms with Gasteiger partial charge in [-0.1, -0.05) is 24.1 Å². The number of rotatable bonds is 4. The van der Waals surface area contributed by atoms with Gasteiger partial charge in [-0.05, 0) is 43.4 Å². The molecule has 0 bridgehead atoms. The zero-order valence-corrected chi connectivity index (χ0v) is 14.5. The Balaban J connectivity index is 1.65. The molecule has 2 fully saturated rings. The van der Waals surface area contributed by atoms with Crippen molar-refractivity contribution in [1.29, 1.82) is 0 Å². The Kier molecular flexibility index (Phi) is 5.59. The van der Waals surface area contributed by atoms with E-state index >= 15 is 0 Å². The maximum Gasteiger partial charge on any atom is 0.306 e. The van der Waals surface area contributed by atoms with Crippen molar-refractivity contribution in [2.24, 2.45) is 11.8 Å². The van der Waals surface area contributed by atoms with Crippen LogP contribution in [0.5, 0.6) is 0 Å². The molecule has 0 aromatic heterocycles. The number of carboxylic acid groups (broad SMARTS) is 1. The summed E-state index contributed by atoms with van der Waals surface area (Å²) in [5.74, 6) is -2.24. The van der Waals surface area contributed by atoms with E-state index in [2.05, 4.69) is 5.32 Å². The molecule has 2 aliphatic rings. The van der Waals surface area contributed by atoms with Crippen LogP contribution in [0.2, 0.25) is 5.02 Å². The topological polar surface area (TPSA) is 75.6 Å². The lowest BCUT2D eigenvalue weighted by Crippen LogP contribution is -2.42. The van der Waals surface area contributed by atoms with E-state index in [4.69, 9.17) is 21.4 Å². The summed E-state index contributed by atoms with van der Waals surface area (Å²) < 4.78 is 19.4. The first kappa shape index (κ1) is 18.1. The minimum atomic E-state index is -0.837. The normalized spacial score (nSPS) is 29.4. The number of carboxylic acids is 1. The predicted octanol–water partition coefficient (Wildman–Crippen LogP) is 3.32. The second kappa shape index (κ2) is 7.70. The van der Waals surface area contributed by atoms with Crippen LogP contribution in [-0.2, 0) is 14.3 Å². The van der Waals surface area contributed by atoms with E-state index in [1.165, 1.54) is 12.1 Å². The van der Waals surface area contributed by atoms with Crippen molar-refractivity contribution in [3.8, 4) is 0 Å². The molecule has 5 nitrogen and oxygen atoms in total. The molecule has 1 aliphatic carbocycles. The van der Waals surface area contributed by atoms with Gasteiger partial charge >= 0.3 is 5.97 Å². The van der Waals surface area contributed by atoms with Crippen molar-refractivity contribution >= 4 is 23.5 Å². The van der Waals surface area contributed by atoms with Crippen LogP contribution in [0.25, 0.3) is 0 Å². The molecule has 1 saturated heterocycles. The predicted molar refractivity (Wildman–Crippen MR) is 89.7 cm³/mol. The summed E-state index contributed by atoms with van der Waals surface area (Å²) in [6, 6.07) is 4.25. The second-order valence-corrected chi connectivity index (χ2v) is 7.17. The highest BCUT2D eigenvalue weighted by Gasteiger charge is 2.35. The minimum absolute atomic E-state index is 0.0456. The Labute approximate surface area is 150 Å². The Morgan fingerprint density at radius 1 is 1.24 bits per heavy atom. The molecule has 1 saturated carbocycles. The Hall–Kier alpha value is -1.66. The molecule has 4 atom stereocenters. The zero-order valence-electron chi connectivity index (χ0n) is 13.7. The SMILES string of the molecule is O=C(O)C1CCCC(C(=O)NC2CCOC2c2ccc(Cl)c(F)c2)C1. The van der Waals surface area contributed by atoms with E-state index in [0.717, 1.165) is 6.42 Å². The van der Waals surface area contributed by atoms with E-state index in [1.54, 1.807) is 6.07 Å². The molecule has 2 N–H and O–H groups in total. The van der Waals surface area contributed by atoms with Gasteiger partial charge in [0.1, 0.15) is 11.9 Å². The number of aliphatic carboxylic acids is 1. The Morgan fingerprint density at radius 2 is 2.00 bits per heavy atom. The van der Waals surface area contributed by atoms with E-state index < -0.39 is 23.8 Å². The lowest BCUT2D eigenvalue weighted by atomic mass is 9.81. The maximum absolute atomic E-state index is 13.7. The van der Waals surface area contributed by atoms with Gasteiger partial charge in [0.05, 0.1) is 17.0 Å². The Bertz CT molecular complexity index is 668. The molecule has 0 spiro atoms. The smallest absolute Gasteiger partial charge is 0.306 e. The van der Waals surface area contributed by atoms with Crippen LogP contribution in [0.1, 0.15) is 43.8 Å². The average molecular weight is 370 g/mol. The third-order valence-electron chi connectivity index (χ3n) is 5.09. The van der Waals surface area contributed by atoms with E-state index in [-0.39, 0.29) is 22.9 Å². The number of hydrogen-bond donors (Lipinski definition) is 2. The molecule has 4 unspecified atom stereocenters. The summed E-state index contributed by atoms with van der Waals surface area (Å²) in [6.07, 6.45) is 2.64. The van der Waals surface area contributed by atoms with Crippen LogP contribution in [0.15, 0.2) is 18.2 Å². The lowest BCUT2D eigenvalue weighted by Gasteiger charge is -2.28. The zero-order chi connectivity index (χ0) is 18.0. The van der Waals surface area contributed by atoms with Gasteiger partial charge in [0.2, 0.25) is 5.91 Å². The molecule has 0 radical (unpaired) electrons. The number of benzene rings is 1. The van der Waals surface area contributed by atoms with Gasteiger partial charge in [-0.15, -0.1) is 0 Å². The molecule has 1 amide bonds.